The minimum atomic E-state index is 0.549. The lowest BCUT2D eigenvalue weighted by Crippen LogP contribution is -2.04. The largest absolute Gasteiger partial charge is 0.350 e. The molecule has 25 heavy (non-hydrogen) atoms. The Kier molecular flexibility index (Phi) is 4.07. The molecule has 0 amide bonds. The van der Waals surface area contributed by atoms with Crippen molar-refractivity contribution in [1.82, 2.24) is 35.6 Å². The van der Waals surface area contributed by atoms with Gasteiger partial charge in [0, 0.05) is 24.5 Å². The van der Waals surface area contributed by atoms with Crippen molar-refractivity contribution in [1.29, 1.82) is 0 Å². The van der Waals surface area contributed by atoms with E-state index in [0.717, 1.165) is 22.5 Å². The average Bonchev–Trinajstić information content (AvgIpc) is 3.23. The lowest BCUT2D eigenvalue weighted by Gasteiger charge is -2.07. The van der Waals surface area contributed by atoms with Crippen LogP contribution in [0.4, 0.5) is 5.95 Å². The van der Waals surface area contributed by atoms with Crippen molar-refractivity contribution < 1.29 is 0 Å². The van der Waals surface area contributed by atoms with Gasteiger partial charge >= 0.3 is 0 Å². The van der Waals surface area contributed by atoms with Crippen LogP contribution >= 0.6 is 0 Å². The van der Waals surface area contributed by atoms with E-state index in [2.05, 4.69) is 40.9 Å². The monoisotopic (exact) mass is 330 g/mol. The molecule has 0 bridgehead atoms. The zero-order chi connectivity index (χ0) is 16.9. The molecule has 0 atom stereocenters. The zero-order valence-electron chi connectivity index (χ0n) is 13.2. The Morgan fingerprint density at radius 3 is 2.76 bits per heavy atom. The number of anilines is 1. The maximum Gasteiger partial charge on any atom is 0.223 e. The summed E-state index contributed by atoms with van der Waals surface area (Å²) in [5.74, 6) is 1.11. The van der Waals surface area contributed by atoms with Gasteiger partial charge in [-0.3, -0.25) is 4.98 Å². The first-order valence-electron chi connectivity index (χ1n) is 7.69. The van der Waals surface area contributed by atoms with Gasteiger partial charge in [0.15, 0.2) is 0 Å². The van der Waals surface area contributed by atoms with Crippen LogP contribution in [0.15, 0.2) is 60.9 Å². The minimum Gasteiger partial charge on any atom is -0.350 e. The van der Waals surface area contributed by atoms with Gasteiger partial charge < -0.3 is 5.32 Å². The topological polar surface area (TPSA) is 105 Å². The first-order valence-corrected chi connectivity index (χ1v) is 7.69. The highest BCUT2D eigenvalue weighted by Crippen LogP contribution is 2.17. The minimum absolute atomic E-state index is 0.549. The molecule has 0 saturated carbocycles. The Labute approximate surface area is 143 Å². The van der Waals surface area contributed by atoms with E-state index in [-0.39, 0.29) is 0 Å². The summed E-state index contributed by atoms with van der Waals surface area (Å²) in [6.07, 6.45) is 3.46. The van der Waals surface area contributed by atoms with Gasteiger partial charge in [-0.1, -0.05) is 24.3 Å². The van der Waals surface area contributed by atoms with Gasteiger partial charge in [0.1, 0.15) is 0 Å². The number of hydrogen-bond acceptors (Lipinski definition) is 7. The number of rotatable bonds is 5. The summed E-state index contributed by atoms with van der Waals surface area (Å²) in [6.45, 7) is 0.581. The normalized spacial score (nSPS) is 10.6. The molecule has 8 nitrogen and oxygen atoms in total. The Balaban J connectivity index is 1.50. The molecule has 0 aliphatic rings. The van der Waals surface area contributed by atoms with E-state index in [0.29, 0.717) is 18.3 Å². The predicted molar refractivity (Wildman–Crippen MR) is 92.2 cm³/mol. The highest BCUT2D eigenvalue weighted by molar-refractivity contribution is 5.56. The van der Waals surface area contributed by atoms with Gasteiger partial charge in [-0.2, -0.15) is 5.21 Å². The van der Waals surface area contributed by atoms with Gasteiger partial charge in [-0.15, -0.1) is 10.2 Å². The SMILES string of the molecule is c1ccc(-c2ccnc(NCc3cccc(-c4nn[nH]n4)c3)n2)nc1. The first kappa shape index (κ1) is 14.9. The van der Waals surface area contributed by atoms with E-state index in [1.54, 1.807) is 12.4 Å². The van der Waals surface area contributed by atoms with Crippen LogP contribution < -0.4 is 5.32 Å². The van der Waals surface area contributed by atoms with Gasteiger partial charge in [0.05, 0.1) is 11.4 Å². The molecule has 0 aliphatic heterocycles. The fourth-order valence-corrected chi connectivity index (χ4v) is 2.39. The van der Waals surface area contributed by atoms with Crippen molar-refractivity contribution in [3.63, 3.8) is 0 Å². The summed E-state index contributed by atoms with van der Waals surface area (Å²) in [5, 5.41) is 17.3. The molecule has 2 N–H and O–H groups in total. The number of pyridine rings is 1. The summed E-state index contributed by atoms with van der Waals surface area (Å²) >= 11 is 0. The summed E-state index contributed by atoms with van der Waals surface area (Å²) < 4.78 is 0. The van der Waals surface area contributed by atoms with Gasteiger partial charge in [0.25, 0.3) is 0 Å². The molecule has 0 fully saturated rings. The lowest BCUT2D eigenvalue weighted by atomic mass is 10.1. The molecule has 0 saturated heterocycles. The number of aromatic nitrogens is 7. The van der Waals surface area contributed by atoms with Gasteiger partial charge in [-0.25, -0.2) is 9.97 Å². The molecule has 0 unspecified atom stereocenters. The van der Waals surface area contributed by atoms with Crippen molar-refractivity contribution in [3.05, 3.63) is 66.5 Å². The van der Waals surface area contributed by atoms with Crippen LogP contribution in [0, 0.1) is 0 Å². The molecule has 1 aromatic carbocycles. The second-order valence-corrected chi connectivity index (χ2v) is 5.27. The molecular weight excluding hydrogens is 316 g/mol. The molecule has 8 heteroatoms. The van der Waals surface area contributed by atoms with Crippen LogP contribution in [-0.2, 0) is 6.54 Å². The van der Waals surface area contributed by atoms with Crippen LogP contribution in [0.1, 0.15) is 5.56 Å². The Hall–Kier alpha value is -3.68. The number of hydrogen-bond donors (Lipinski definition) is 2. The summed E-state index contributed by atoms with van der Waals surface area (Å²) in [6, 6.07) is 15.5. The van der Waals surface area contributed by atoms with Crippen molar-refractivity contribution in [2.24, 2.45) is 0 Å². The fraction of sp³-hybridized carbons (Fsp3) is 0.0588. The maximum atomic E-state index is 4.51. The standard InChI is InChI=1S/C17H14N8/c1-2-8-18-14(6-1)15-7-9-19-17(21-15)20-11-12-4-3-5-13(10-12)16-22-24-25-23-16/h1-10H,11H2,(H,19,20,21)(H,22,23,24,25). The van der Waals surface area contributed by atoms with Crippen molar-refractivity contribution in [2.45, 2.75) is 6.54 Å². The summed E-state index contributed by atoms with van der Waals surface area (Å²) in [4.78, 5) is 13.1. The molecule has 0 aliphatic carbocycles. The van der Waals surface area contributed by atoms with Crippen LogP contribution in [0.3, 0.4) is 0 Å². The van der Waals surface area contributed by atoms with Crippen LogP contribution in [-0.4, -0.2) is 35.6 Å². The van der Waals surface area contributed by atoms with E-state index in [4.69, 9.17) is 0 Å². The highest BCUT2D eigenvalue weighted by Gasteiger charge is 2.05. The second kappa shape index (κ2) is 6.83. The van der Waals surface area contributed by atoms with Crippen molar-refractivity contribution in [2.75, 3.05) is 5.32 Å². The number of H-pyrrole nitrogens is 1. The average molecular weight is 330 g/mol. The van der Waals surface area contributed by atoms with E-state index < -0.39 is 0 Å². The lowest BCUT2D eigenvalue weighted by molar-refractivity contribution is 0.881. The Morgan fingerprint density at radius 1 is 0.920 bits per heavy atom. The highest BCUT2D eigenvalue weighted by atomic mass is 15.5. The van der Waals surface area contributed by atoms with E-state index in [1.807, 2.05) is 48.5 Å². The number of nitrogens with one attached hydrogen (secondary N) is 2. The molecule has 3 aromatic heterocycles. The molecule has 0 radical (unpaired) electrons. The second-order valence-electron chi connectivity index (χ2n) is 5.27. The number of benzene rings is 1. The van der Waals surface area contributed by atoms with Crippen molar-refractivity contribution >= 4 is 5.95 Å². The smallest absolute Gasteiger partial charge is 0.223 e. The van der Waals surface area contributed by atoms with Gasteiger partial charge in [-0.05, 0) is 35.0 Å². The molecule has 0 spiro atoms. The molecular formula is C17H14N8. The van der Waals surface area contributed by atoms with Gasteiger partial charge in [0.2, 0.25) is 11.8 Å². The number of tetrazole rings is 1. The maximum absolute atomic E-state index is 4.51. The van der Waals surface area contributed by atoms with Crippen molar-refractivity contribution in [3.8, 4) is 22.8 Å². The Bertz CT molecular complexity index is 953. The molecule has 4 rings (SSSR count). The number of aromatic amines is 1. The predicted octanol–water partition coefficient (Wildman–Crippen LogP) is 2.33. The summed E-state index contributed by atoms with van der Waals surface area (Å²) in [7, 11) is 0. The first-order chi connectivity index (χ1) is 12.4. The van der Waals surface area contributed by atoms with Crippen LogP contribution in [0.5, 0.6) is 0 Å². The third-order valence-electron chi connectivity index (χ3n) is 3.56. The van der Waals surface area contributed by atoms with Crippen LogP contribution in [0.2, 0.25) is 0 Å². The van der Waals surface area contributed by atoms with Crippen LogP contribution in [0.25, 0.3) is 22.8 Å². The summed E-state index contributed by atoms with van der Waals surface area (Å²) in [5.41, 5.74) is 3.55. The third kappa shape index (κ3) is 3.47. The molecule has 3 heterocycles. The fourth-order valence-electron chi connectivity index (χ4n) is 2.39. The quantitative estimate of drug-likeness (QED) is 0.578. The van der Waals surface area contributed by atoms with E-state index >= 15 is 0 Å². The molecule has 122 valence electrons. The zero-order valence-corrected chi connectivity index (χ0v) is 13.2. The Morgan fingerprint density at radius 2 is 1.92 bits per heavy atom. The van der Waals surface area contributed by atoms with E-state index in [1.165, 1.54) is 0 Å². The third-order valence-corrected chi connectivity index (χ3v) is 3.56. The van der Waals surface area contributed by atoms with E-state index in [9.17, 15) is 0 Å². The number of nitrogens with zero attached hydrogens (tertiary/aromatic N) is 6. The molecule has 4 aromatic rings.